The number of rotatable bonds is 10. The number of pyridine rings is 1. The molecule has 0 unspecified atom stereocenters. The lowest BCUT2D eigenvalue weighted by Crippen LogP contribution is -2.63. The third-order valence-corrected chi connectivity index (χ3v) is 7.63. The van der Waals surface area contributed by atoms with Crippen LogP contribution in [0.15, 0.2) is 49.3 Å². The van der Waals surface area contributed by atoms with E-state index in [9.17, 15) is 10.1 Å². The maximum atomic E-state index is 11.7. The minimum absolute atomic E-state index is 0.254. The van der Waals surface area contributed by atoms with Gasteiger partial charge < -0.3 is 18.9 Å². The van der Waals surface area contributed by atoms with E-state index < -0.39 is 11.5 Å². The van der Waals surface area contributed by atoms with Gasteiger partial charge in [-0.15, -0.1) is 0 Å². The first-order chi connectivity index (χ1) is 18.4. The number of nitrogens with zero attached hydrogens (tertiary/aromatic N) is 8. The van der Waals surface area contributed by atoms with E-state index in [1.54, 1.807) is 24.8 Å². The molecular weight excluding hydrogens is 504 g/mol. The summed E-state index contributed by atoms with van der Waals surface area (Å²) in [5, 5.41) is 15.2. The van der Waals surface area contributed by atoms with Crippen molar-refractivity contribution in [1.82, 2.24) is 29.3 Å². The van der Waals surface area contributed by atoms with Crippen LogP contribution in [-0.2, 0) is 32.6 Å². The van der Waals surface area contributed by atoms with Crippen LogP contribution in [0.5, 0.6) is 0 Å². The summed E-state index contributed by atoms with van der Waals surface area (Å²) in [5.74, 6) is 0.562. The van der Waals surface area contributed by atoms with Crippen LogP contribution in [0.3, 0.4) is 0 Å². The van der Waals surface area contributed by atoms with Crippen LogP contribution in [0.4, 0.5) is 5.69 Å². The van der Waals surface area contributed by atoms with Crippen LogP contribution in [0, 0.1) is 11.3 Å². The normalized spacial score (nSPS) is 14.4. The number of ether oxygens (including phenoxy) is 2. The van der Waals surface area contributed by atoms with Crippen molar-refractivity contribution in [1.29, 1.82) is 5.26 Å². The molecule has 0 radical (unpaired) electrons. The quantitative estimate of drug-likeness (QED) is 0.172. The fraction of sp³-hybridized carbons (Fsp3) is 0.385. The Morgan fingerprint density at radius 1 is 1.18 bits per heavy atom. The first kappa shape index (κ1) is 25.7. The minimum atomic E-state index is -0.476. The Morgan fingerprint density at radius 3 is 2.74 bits per heavy atom. The van der Waals surface area contributed by atoms with Crippen LogP contribution < -0.4 is 4.90 Å². The summed E-state index contributed by atoms with van der Waals surface area (Å²) in [6.07, 6.45) is 13.6. The van der Waals surface area contributed by atoms with Gasteiger partial charge in [-0.1, -0.05) is 0 Å². The number of anilines is 1. The van der Waals surface area contributed by atoms with E-state index in [1.807, 2.05) is 33.8 Å². The summed E-state index contributed by atoms with van der Waals surface area (Å²) >= 11 is 0. The van der Waals surface area contributed by atoms with E-state index in [0.717, 1.165) is 33.7 Å². The highest BCUT2D eigenvalue weighted by molar-refractivity contribution is 7.95. The molecule has 4 aromatic heterocycles. The molecule has 196 valence electrons. The van der Waals surface area contributed by atoms with Gasteiger partial charge in [0.05, 0.1) is 62.5 Å². The van der Waals surface area contributed by atoms with Crippen LogP contribution in [0.25, 0.3) is 22.3 Å². The topological polar surface area (TPSA) is 124 Å². The number of fused-ring (bicyclic) bond motifs is 1. The second-order valence-electron chi connectivity index (χ2n) is 9.45. The van der Waals surface area contributed by atoms with Gasteiger partial charge in [-0.3, -0.25) is 4.68 Å². The molecule has 1 fully saturated rings. The molecule has 0 aromatic carbocycles. The van der Waals surface area contributed by atoms with Gasteiger partial charge in [0.1, 0.15) is 35.7 Å². The Kier molecular flexibility index (Phi) is 7.31. The van der Waals surface area contributed by atoms with Gasteiger partial charge >= 0.3 is 5.97 Å². The highest BCUT2D eigenvalue weighted by Gasteiger charge is 2.46. The van der Waals surface area contributed by atoms with Gasteiger partial charge in [0.15, 0.2) is 0 Å². The monoisotopic (exact) mass is 533 g/mol. The molecule has 0 bridgehead atoms. The highest BCUT2D eigenvalue weighted by Crippen LogP contribution is 2.37. The highest BCUT2D eigenvalue weighted by atomic mass is 32.2. The van der Waals surface area contributed by atoms with Crippen LogP contribution in [0.2, 0.25) is 0 Å². The molecule has 0 N–H and O–H groups in total. The number of esters is 1. The lowest BCUT2D eigenvalue weighted by Gasteiger charge is -2.50. The molecule has 1 saturated heterocycles. The van der Waals surface area contributed by atoms with E-state index in [1.165, 1.54) is 7.11 Å². The summed E-state index contributed by atoms with van der Waals surface area (Å²) in [6.45, 7) is 2.33. The average Bonchev–Trinajstić information content (AvgIpc) is 3.56. The number of carbonyl (C=O) groups excluding carboxylic acids is 1. The fourth-order valence-corrected chi connectivity index (χ4v) is 5.01. The second kappa shape index (κ2) is 10.8. The van der Waals surface area contributed by atoms with Crippen molar-refractivity contribution in [3.05, 3.63) is 55.0 Å². The van der Waals surface area contributed by atoms with E-state index >= 15 is 0 Å². The molecule has 11 nitrogen and oxygen atoms in total. The maximum absolute atomic E-state index is 11.7. The molecule has 0 aliphatic carbocycles. The molecule has 0 saturated carbocycles. The minimum Gasteiger partial charge on any atom is -0.464 e. The van der Waals surface area contributed by atoms with Crippen molar-refractivity contribution in [3.63, 3.8) is 0 Å². The molecule has 12 heteroatoms. The van der Waals surface area contributed by atoms with Crippen LogP contribution in [-0.4, -0.2) is 80.3 Å². The van der Waals surface area contributed by atoms with Crippen molar-refractivity contribution >= 4 is 33.6 Å². The van der Waals surface area contributed by atoms with Crippen LogP contribution in [0.1, 0.15) is 16.9 Å². The number of hydrogen-bond acceptors (Lipinski definition) is 9. The fourth-order valence-electron chi connectivity index (χ4n) is 4.56. The molecular formula is C26H29N8O3S+. The Bertz CT molecular complexity index is 1470. The van der Waals surface area contributed by atoms with E-state index in [2.05, 4.69) is 43.5 Å². The van der Waals surface area contributed by atoms with Crippen molar-refractivity contribution in [2.45, 2.75) is 18.7 Å². The molecule has 5 rings (SSSR count). The molecule has 0 atom stereocenters. The largest absolute Gasteiger partial charge is 0.464 e. The van der Waals surface area contributed by atoms with Gasteiger partial charge in [0, 0.05) is 36.4 Å². The van der Waals surface area contributed by atoms with Crippen LogP contribution >= 0.6 is 0 Å². The number of methoxy groups -OCH3 is 1. The zero-order chi connectivity index (χ0) is 26.7. The van der Waals surface area contributed by atoms with Crippen molar-refractivity contribution in [2.75, 3.05) is 50.0 Å². The standard InChI is InChI=1S/C26H29N8O3S/c1-36-25(35)22-5-4-20(13-28-22)33-15-26(16-33,7-8-27)34-14-19(12-31-34)23-21-6-9-32(24(21)30-17-29-23)18-37-10-11-38(2)3/h4-6,9,12-14,17H,7,10-11,15-16,18H2,1-3H3/q+1. The number of nitriles is 1. The molecule has 38 heavy (non-hydrogen) atoms. The third-order valence-electron chi connectivity index (χ3n) is 6.65. The zero-order valence-corrected chi connectivity index (χ0v) is 22.4. The van der Waals surface area contributed by atoms with Gasteiger partial charge in [-0.25, -0.2) is 19.7 Å². The van der Waals surface area contributed by atoms with Crippen molar-refractivity contribution in [2.24, 2.45) is 0 Å². The molecule has 5 heterocycles. The van der Waals surface area contributed by atoms with Crippen molar-refractivity contribution < 1.29 is 14.3 Å². The Labute approximate surface area is 223 Å². The van der Waals surface area contributed by atoms with Crippen molar-refractivity contribution in [3.8, 4) is 17.3 Å². The predicted molar refractivity (Wildman–Crippen MR) is 145 cm³/mol. The SMILES string of the molecule is COC(=O)c1ccc(N2CC(CC#N)(n3cc(-c4ncnc5c4ccn5COCC[S+](C)C)cn3)C2)cn1. The number of hydrogen-bond donors (Lipinski definition) is 0. The Hall–Kier alpha value is -3.95. The lowest BCUT2D eigenvalue weighted by molar-refractivity contribution is 0.0594. The molecule has 1 aliphatic heterocycles. The Morgan fingerprint density at radius 2 is 2.03 bits per heavy atom. The summed E-state index contributed by atoms with van der Waals surface area (Å²) in [7, 11) is 1.68. The first-order valence-electron chi connectivity index (χ1n) is 12.1. The second-order valence-corrected chi connectivity index (χ2v) is 11.8. The summed E-state index contributed by atoms with van der Waals surface area (Å²) in [4.78, 5) is 27.0. The number of carbonyl (C=O) groups is 1. The maximum Gasteiger partial charge on any atom is 0.356 e. The summed E-state index contributed by atoms with van der Waals surface area (Å²) < 4.78 is 14.4. The van der Waals surface area contributed by atoms with E-state index in [4.69, 9.17) is 9.47 Å². The van der Waals surface area contributed by atoms with Gasteiger partial charge in [0.2, 0.25) is 0 Å². The third kappa shape index (κ3) is 4.94. The van der Waals surface area contributed by atoms with Gasteiger partial charge in [0.25, 0.3) is 0 Å². The summed E-state index contributed by atoms with van der Waals surface area (Å²) in [6, 6.07) is 7.79. The van der Waals surface area contributed by atoms with E-state index in [-0.39, 0.29) is 5.69 Å². The van der Waals surface area contributed by atoms with Gasteiger partial charge in [-0.2, -0.15) is 10.4 Å². The zero-order valence-electron chi connectivity index (χ0n) is 21.6. The molecule has 0 spiro atoms. The molecule has 4 aromatic rings. The smallest absolute Gasteiger partial charge is 0.356 e. The number of aromatic nitrogens is 6. The summed E-state index contributed by atoms with van der Waals surface area (Å²) in [5.41, 5.74) is 3.10. The van der Waals surface area contributed by atoms with E-state index in [0.29, 0.717) is 43.7 Å². The predicted octanol–water partition coefficient (Wildman–Crippen LogP) is 2.46. The Balaban J connectivity index is 1.33. The lowest BCUT2D eigenvalue weighted by atomic mass is 9.86. The average molecular weight is 534 g/mol. The molecule has 0 amide bonds. The first-order valence-corrected chi connectivity index (χ1v) is 14.3. The van der Waals surface area contributed by atoms with Gasteiger partial charge in [-0.05, 0) is 29.1 Å². The molecule has 1 aliphatic rings.